The molecule has 0 bridgehead atoms. The fourth-order valence-corrected chi connectivity index (χ4v) is 4.20. The van der Waals surface area contributed by atoms with Crippen LogP contribution >= 0.6 is 0 Å². The molecule has 4 aromatic rings. The van der Waals surface area contributed by atoms with E-state index in [1.807, 2.05) is 6.92 Å². The van der Waals surface area contributed by atoms with Crippen LogP contribution in [-0.4, -0.2) is 28.0 Å². The molecule has 1 N–H and O–H groups in total. The lowest BCUT2D eigenvalue weighted by Crippen LogP contribution is -2.30. The van der Waals surface area contributed by atoms with Gasteiger partial charge in [0.2, 0.25) is 0 Å². The number of aromatic nitrogens is 3. The quantitative estimate of drug-likeness (QED) is 0.513. The Labute approximate surface area is 165 Å². The number of H-pyrrole nitrogens is 1. The van der Waals surface area contributed by atoms with Crippen LogP contribution in [0.2, 0.25) is 0 Å². The molecule has 5 rings (SSSR count). The Bertz CT molecular complexity index is 1090. The third-order valence-electron chi connectivity index (χ3n) is 5.52. The van der Waals surface area contributed by atoms with Crippen LogP contribution < -0.4 is 4.90 Å². The van der Waals surface area contributed by atoms with Gasteiger partial charge in [-0.15, -0.1) is 0 Å². The van der Waals surface area contributed by atoms with Gasteiger partial charge >= 0.3 is 0 Å². The van der Waals surface area contributed by atoms with E-state index in [1.54, 1.807) is 0 Å². The second-order valence-corrected chi connectivity index (χ2v) is 7.47. The Balaban J connectivity index is 1.81. The van der Waals surface area contributed by atoms with Crippen molar-refractivity contribution in [3.8, 4) is 22.4 Å². The minimum Gasteiger partial charge on any atom is -0.355 e. The molecular weight excluding hydrogens is 344 g/mol. The Morgan fingerprint density at radius 3 is 2.11 bits per heavy atom. The molecular formula is C24H24N4. The maximum absolute atomic E-state index is 4.88. The predicted molar refractivity (Wildman–Crippen MR) is 116 cm³/mol. The molecule has 4 nitrogen and oxygen atoms in total. The minimum absolute atomic E-state index is 0.823. The summed E-state index contributed by atoms with van der Waals surface area (Å²) in [5.74, 6) is 1.87. The molecule has 0 saturated carbocycles. The summed E-state index contributed by atoms with van der Waals surface area (Å²) in [6.45, 7) is 4.12. The molecule has 0 atom stereocenters. The summed E-state index contributed by atoms with van der Waals surface area (Å²) in [5.41, 5.74) is 6.67. The molecule has 0 spiro atoms. The van der Waals surface area contributed by atoms with Crippen LogP contribution in [0, 0.1) is 6.92 Å². The van der Waals surface area contributed by atoms with Gasteiger partial charge in [0.05, 0.1) is 5.69 Å². The average molecular weight is 368 g/mol. The average Bonchev–Trinajstić information content (AvgIpc) is 3.14. The van der Waals surface area contributed by atoms with Crippen LogP contribution in [0.5, 0.6) is 0 Å². The molecule has 28 heavy (non-hydrogen) atoms. The van der Waals surface area contributed by atoms with E-state index >= 15 is 0 Å². The zero-order chi connectivity index (χ0) is 18.9. The normalized spacial score (nSPS) is 14.5. The number of aromatic amines is 1. The fraction of sp³-hybridized carbons (Fsp3) is 0.250. The number of nitrogens with one attached hydrogen (secondary N) is 1. The van der Waals surface area contributed by atoms with E-state index in [4.69, 9.17) is 9.97 Å². The largest absolute Gasteiger partial charge is 0.355 e. The molecule has 2 aromatic heterocycles. The summed E-state index contributed by atoms with van der Waals surface area (Å²) in [5, 5.41) is 0. The molecule has 140 valence electrons. The van der Waals surface area contributed by atoms with E-state index in [2.05, 4.69) is 70.5 Å². The Hall–Kier alpha value is -3.14. The monoisotopic (exact) mass is 368 g/mol. The SMILES string of the molecule is Cc1nc(N2CCCCC2)c2[nH]c(-c3ccccc3)c(-c3ccccc3)c2n1. The first-order valence-electron chi connectivity index (χ1n) is 10.1. The topological polar surface area (TPSA) is 44.8 Å². The van der Waals surface area contributed by atoms with Crippen molar-refractivity contribution in [2.45, 2.75) is 26.2 Å². The number of aryl methyl sites for hydroxylation is 1. The highest BCUT2D eigenvalue weighted by Gasteiger charge is 2.23. The van der Waals surface area contributed by atoms with Crippen molar-refractivity contribution in [2.75, 3.05) is 18.0 Å². The second kappa shape index (κ2) is 7.12. The van der Waals surface area contributed by atoms with Crippen LogP contribution in [0.3, 0.4) is 0 Å². The summed E-state index contributed by atoms with van der Waals surface area (Å²) in [7, 11) is 0. The molecule has 1 aliphatic heterocycles. The lowest BCUT2D eigenvalue weighted by Gasteiger charge is -2.28. The van der Waals surface area contributed by atoms with Crippen LogP contribution in [0.25, 0.3) is 33.4 Å². The first-order chi connectivity index (χ1) is 13.8. The first-order valence-corrected chi connectivity index (χ1v) is 10.1. The molecule has 0 radical (unpaired) electrons. The van der Waals surface area contributed by atoms with Crippen molar-refractivity contribution in [2.24, 2.45) is 0 Å². The molecule has 2 aromatic carbocycles. The minimum atomic E-state index is 0.823. The number of nitrogens with zero attached hydrogens (tertiary/aromatic N) is 3. The van der Waals surface area contributed by atoms with Crippen LogP contribution in [0.15, 0.2) is 60.7 Å². The van der Waals surface area contributed by atoms with Gasteiger partial charge in [0.25, 0.3) is 0 Å². The second-order valence-electron chi connectivity index (χ2n) is 7.47. The highest BCUT2D eigenvalue weighted by molar-refractivity contribution is 6.05. The van der Waals surface area contributed by atoms with Gasteiger partial charge in [-0.2, -0.15) is 0 Å². The number of rotatable bonds is 3. The molecule has 1 saturated heterocycles. The standard InChI is InChI=1S/C24H24N4/c1-17-25-22-20(18-11-5-2-6-12-18)21(19-13-7-3-8-14-19)27-23(22)24(26-17)28-15-9-4-10-16-28/h2-3,5-8,11-14,27H,4,9-10,15-16H2,1H3. The summed E-state index contributed by atoms with van der Waals surface area (Å²) in [4.78, 5) is 15.9. The van der Waals surface area contributed by atoms with Crippen LogP contribution in [-0.2, 0) is 0 Å². The predicted octanol–water partition coefficient (Wildman–Crippen LogP) is 5.59. The highest BCUT2D eigenvalue weighted by Crippen LogP contribution is 2.40. The van der Waals surface area contributed by atoms with E-state index in [9.17, 15) is 0 Å². The van der Waals surface area contributed by atoms with Gasteiger partial charge in [-0.25, -0.2) is 9.97 Å². The zero-order valence-corrected chi connectivity index (χ0v) is 16.2. The number of hydrogen-bond acceptors (Lipinski definition) is 3. The van der Waals surface area contributed by atoms with E-state index in [1.165, 1.54) is 30.4 Å². The number of fused-ring (bicyclic) bond motifs is 1. The van der Waals surface area contributed by atoms with Crippen molar-refractivity contribution >= 4 is 16.9 Å². The van der Waals surface area contributed by atoms with Gasteiger partial charge in [0, 0.05) is 18.7 Å². The Morgan fingerprint density at radius 1 is 0.786 bits per heavy atom. The van der Waals surface area contributed by atoms with E-state index < -0.39 is 0 Å². The van der Waals surface area contributed by atoms with E-state index in [-0.39, 0.29) is 0 Å². The Kier molecular flexibility index (Phi) is 4.32. The maximum atomic E-state index is 4.88. The number of benzene rings is 2. The lowest BCUT2D eigenvalue weighted by atomic mass is 10.0. The molecule has 0 aliphatic carbocycles. The molecule has 0 unspecified atom stereocenters. The number of hydrogen-bond donors (Lipinski definition) is 1. The van der Waals surface area contributed by atoms with Gasteiger partial charge in [-0.05, 0) is 37.3 Å². The summed E-state index contributed by atoms with van der Waals surface area (Å²) >= 11 is 0. The zero-order valence-electron chi connectivity index (χ0n) is 16.2. The smallest absolute Gasteiger partial charge is 0.156 e. The van der Waals surface area contributed by atoms with Gasteiger partial charge < -0.3 is 9.88 Å². The van der Waals surface area contributed by atoms with Gasteiger partial charge in [-0.1, -0.05) is 60.7 Å². The van der Waals surface area contributed by atoms with Crippen molar-refractivity contribution in [3.05, 3.63) is 66.5 Å². The van der Waals surface area contributed by atoms with Crippen molar-refractivity contribution < 1.29 is 0 Å². The maximum Gasteiger partial charge on any atom is 0.156 e. The first kappa shape index (κ1) is 17.0. The summed E-state index contributed by atoms with van der Waals surface area (Å²) in [6, 6.07) is 21.1. The Morgan fingerprint density at radius 2 is 1.43 bits per heavy atom. The summed E-state index contributed by atoms with van der Waals surface area (Å²) in [6.07, 6.45) is 3.75. The van der Waals surface area contributed by atoms with Crippen LogP contribution in [0.1, 0.15) is 25.1 Å². The highest BCUT2D eigenvalue weighted by atomic mass is 15.2. The van der Waals surface area contributed by atoms with Gasteiger partial charge in [-0.3, -0.25) is 0 Å². The molecule has 0 amide bonds. The third-order valence-corrected chi connectivity index (χ3v) is 5.52. The van der Waals surface area contributed by atoms with Crippen molar-refractivity contribution in [1.82, 2.24) is 15.0 Å². The lowest BCUT2D eigenvalue weighted by molar-refractivity contribution is 0.574. The van der Waals surface area contributed by atoms with E-state index in [0.29, 0.717) is 0 Å². The number of anilines is 1. The van der Waals surface area contributed by atoms with Crippen molar-refractivity contribution in [1.29, 1.82) is 0 Å². The fourth-order valence-electron chi connectivity index (χ4n) is 4.20. The molecule has 1 fully saturated rings. The molecule has 3 heterocycles. The number of piperidine rings is 1. The van der Waals surface area contributed by atoms with Crippen molar-refractivity contribution in [3.63, 3.8) is 0 Å². The van der Waals surface area contributed by atoms with E-state index in [0.717, 1.165) is 47.0 Å². The molecule has 4 heteroatoms. The van der Waals surface area contributed by atoms with Gasteiger partial charge in [0.1, 0.15) is 16.9 Å². The third kappa shape index (κ3) is 2.95. The summed E-state index contributed by atoms with van der Waals surface area (Å²) < 4.78 is 0. The molecule has 1 aliphatic rings. The van der Waals surface area contributed by atoms with Crippen LogP contribution in [0.4, 0.5) is 5.82 Å². The van der Waals surface area contributed by atoms with Gasteiger partial charge in [0.15, 0.2) is 5.82 Å².